The first-order chi connectivity index (χ1) is 13.5. The van der Waals surface area contributed by atoms with Crippen molar-refractivity contribution in [3.8, 4) is 22.2 Å². The van der Waals surface area contributed by atoms with Gasteiger partial charge in [-0.3, -0.25) is 4.79 Å². The van der Waals surface area contributed by atoms with Gasteiger partial charge >= 0.3 is 0 Å². The number of aromatic nitrogens is 2. The molecule has 3 rings (SSSR count). The minimum atomic E-state index is -0.954. The van der Waals surface area contributed by atoms with E-state index in [2.05, 4.69) is 15.5 Å². The van der Waals surface area contributed by atoms with Crippen LogP contribution < -0.4 is 14.8 Å². The Morgan fingerprint density at radius 3 is 2.75 bits per heavy atom. The highest BCUT2D eigenvalue weighted by Crippen LogP contribution is 2.22. The van der Waals surface area contributed by atoms with E-state index in [9.17, 15) is 13.6 Å². The lowest BCUT2D eigenvalue weighted by Crippen LogP contribution is -2.38. The molecule has 0 bridgehead atoms. The fourth-order valence-electron chi connectivity index (χ4n) is 2.24. The van der Waals surface area contributed by atoms with E-state index in [1.807, 2.05) is 17.5 Å². The van der Waals surface area contributed by atoms with Gasteiger partial charge in [-0.1, -0.05) is 6.07 Å². The molecular formula is C19H17F2N3O3S. The van der Waals surface area contributed by atoms with Gasteiger partial charge in [0.2, 0.25) is 5.88 Å². The minimum Gasteiger partial charge on any atom is -0.478 e. The van der Waals surface area contributed by atoms with Gasteiger partial charge in [-0.25, -0.2) is 8.78 Å². The van der Waals surface area contributed by atoms with Crippen LogP contribution in [0.2, 0.25) is 0 Å². The maximum absolute atomic E-state index is 13.6. The zero-order valence-electron chi connectivity index (χ0n) is 14.9. The van der Waals surface area contributed by atoms with Gasteiger partial charge in [0.25, 0.3) is 5.91 Å². The highest BCUT2D eigenvalue weighted by atomic mass is 32.1. The van der Waals surface area contributed by atoms with Crippen molar-refractivity contribution in [3.05, 3.63) is 59.5 Å². The largest absolute Gasteiger partial charge is 0.478 e. The van der Waals surface area contributed by atoms with Crippen LogP contribution in [0.25, 0.3) is 10.6 Å². The Kier molecular flexibility index (Phi) is 6.49. The smallest absolute Gasteiger partial charge is 0.260 e. The Bertz CT molecular complexity index is 921. The molecule has 6 nitrogen and oxygen atoms in total. The number of carbonyl (C=O) groups is 1. The van der Waals surface area contributed by atoms with Crippen LogP contribution in [0.5, 0.6) is 11.6 Å². The number of benzene rings is 1. The monoisotopic (exact) mass is 405 g/mol. The zero-order valence-corrected chi connectivity index (χ0v) is 15.7. The van der Waals surface area contributed by atoms with Gasteiger partial charge in [0.05, 0.1) is 11.4 Å². The predicted octanol–water partition coefficient (Wildman–Crippen LogP) is 3.45. The van der Waals surface area contributed by atoms with E-state index in [-0.39, 0.29) is 18.9 Å². The molecule has 0 spiro atoms. The molecule has 0 saturated carbocycles. The first kappa shape index (κ1) is 19.7. The first-order valence-electron chi connectivity index (χ1n) is 8.43. The third-order valence-electron chi connectivity index (χ3n) is 3.63. The van der Waals surface area contributed by atoms with E-state index in [4.69, 9.17) is 9.47 Å². The molecule has 1 N–H and O–H groups in total. The third kappa shape index (κ3) is 5.23. The Balaban J connectivity index is 1.41. The summed E-state index contributed by atoms with van der Waals surface area (Å²) in [5.41, 5.74) is 0.759. The molecule has 1 unspecified atom stereocenters. The molecule has 0 aliphatic carbocycles. The van der Waals surface area contributed by atoms with Crippen molar-refractivity contribution in [3.63, 3.8) is 0 Å². The molecule has 0 aliphatic heterocycles. The first-order valence-corrected chi connectivity index (χ1v) is 9.31. The number of halogens is 2. The summed E-state index contributed by atoms with van der Waals surface area (Å²) in [7, 11) is 0. The van der Waals surface area contributed by atoms with Crippen molar-refractivity contribution < 1.29 is 23.0 Å². The molecule has 146 valence electrons. The molecule has 0 radical (unpaired) electrons. The number of thiophene rings is 1. The standard InChI is InChI=1S/C19H17F2N3O3S/c1-12(27-16-6-4-13(20)11-14(16)21)19(25)22-8-9-26-18-7-5-15(23-24-18)17-3-2-10-28-17/h2-7,10-12H,8-9H2,1H3,(H,22,25). The van der Waals surface area contributed by atoms with Crippen molar-refractivity contribution in [1.82, 2.24) is 15.5 Å². The normalized spacial score (nSPS) is 11.7. The molecule has 0 aliphatic rings. The Labute approximate surface area is 164 Å². The van der Waals surface area contributed by atoms with E-state index in [0.29, 0.717) is 11.9 Å². The average Bonchev–Trinajstić information content (AvgIpc) is 3.22. The Morgan fingerprint density at radius 2 is 2.07 bits per heavy atom. The molecule has 0 saturated heterocycles. The van der Waals surface area contributed by atoms with Crippen LogP contribution in [-0.4, -0.2) is 35.4 Å². The fourth-order valence-corrected chi connectivity index (χ4v) is 2.93. The molecule has 28 heavy (non-hydrogen) atoms. The van der Waals surface area contributed by atoms with Crippen LogP contribution >= 0.6 is 11.3 Å². The summed E-state index contributed by atoms with van der Waals surface area (Å²) in [4.78, 5) is 13.0. The summed E-state index contributed by atoms with van der Waals surface area (Å²) in [6, 6.07) is 10.3. The Morgan fingerprint density at radius 1 is 1.21 bits per heavy atom. The number of nitrogens with zero attached hydrogens (tertiary/aromatic N) is 2. The molecule has 0 fully saturated rings. The lowest BCUT2D eigenvalue weighted by atomic mass is 10.3. The second-order valence-corrected chi connectivity index (χ2v) is 6.66. The lowest BCUT2D eigenvalue weighted by Gasteiger charge is -2.15. The van der Waals surface area contributed by atoms with Crippen molar-refractivity contribution in [2.24, 2.45) is 0 Å². The molecule has 2 aromatic heterocycles. The summed E-state index contributed by atoms with van der Waals surface area (Å²) >= 11 is 1.57. The fraction of sp³-hybridized carbons (Fsp3) is 0.211. The zero-order chi connectivity index (χ0) is 19.9. The van der Waals surface area contributed by atoms with Gasteiger partial charge in [-0.15, -0.1) is 21.5 Å². The van der Waals surface area contributed by atoms with Crippen LogP contribution in [0, 0.1) is 11.6 Å². The van der Waals surface area contributed by atoms with Crippen LogP contribution in [0.3, 0.4) is 0 Å². The summed E-state index contributed by atoms with van der Waals surface area (Å²) < 4.78 is 37.1. The van der Waals surface area contributed by atoms with Gasteiger partial charge in [-0.05, 0) is 36.6 Å². The van der Waals surface area contributed by atoms with E-state index < -0.39 is 23.6 Å². The number of rotatable bonds is 8. The van der Waals surface area contributed by atoms with Gasteiger partial charge in [0.1, 0.15) is 18.1 Å². The minimum absolute atomic E-state index is 0.177. The number of nitrogens with one attached hydrogen (secondary N) is 1. The maximum atomic E-state index is 13.6. The number of ether oxygens (including phenoxy) is 2. The van der Waals surface area contributed by atoms with Crippen molar-refractivity contribution in [2.75, 3.05) is 13.2 Å². The van der Waals surface area contributed by atoms with Gasteiger partial charge in [0, 0.05) is 12.1 Å². The summed E-state index contributed by atoms with van der Waals surface area (Å²) in [6.45, 7) is 1.84. The molecule has 1 aromatic carbocycles. The van der Waals surface area contributed by atoms with Gasteiger partial charge in [-0.2, -0.15) is 0 Å². The summed E-state index contributed by atoms with van der Waals surface area (Å²) in [5, 5.41) is 12.6. The molecule has 1 amide bonds. The molecule has 2 heterocycles. The van der Waals surface area contributed by atoms with Crippen LogP contribution in [0.1, 0.15) is 6.92 Å². The highest BCUT2D eigenvalue weighted by molar-refractivity contribution is 7.13. The van der Waals surface area contributed by atoms with Crippen LogP contribution in [0.4, 0.5) is 8.78 Å². The molecule has 1 atom stereocenters. The maximum Gasteiger partial charge on any atom is 0.260 e. The number of hydrogen-bond acceptors (Lipinski definition) is 6. The predicted molar refractivity (Wildman–Crippen MR) is 100 cm³/mol. The van der Waals surface area contributed by atoms with E-state index in [1.54, 1.807) is 23.5 Å². The highest BCUT2D eigenvalue weighted by Gasteiger charge is 2.16. The SMILES string of the molecule is CC(Oc1ccc(F)cc1F)C(=O)NCCOc1ccc(-c2cccs2)nn1. The topological polar surface area (TPSA) is 73.3 Å². The molecule has 3 aromatic rings. The van der Waals surface area contributed by atoms with E-state index in [0.717, 1.165) is 22.7 Å². The van der Waals surface area contributed by atoms with E-state index in [1.165, 1.54) is 6.92 Å². The second kappa shape index (κ2) is 9.23. The summed E-state index contributed by atoms with van der Waals surface area (Å²) in [6.07, 6.45) is -0.954. The van der Waals surface area contributed by atoms with Crippen LogP contribution in [-0.2, 0) is 4.79 Å². The van der Waals surface area contributed by atoms with Crippen LogP contribution in [0.15, 0.2) is 47.8 Å². The van der Waals surface area contributed by atoms with Crippen molar-refractivity contribution >= 4 is 17.2 Å². The van der Waals surface area contributed by atoms with Crippen molar-refractivity contribution in [1.29, 1.82) is 0 Å². The number of amides is 1. The van der Waals surface area contributed by atoms with E-state index >= 15 is 0 Å². The summed E-state index contributed by atoms with van der Waals surface area (Å²) in [5.74, 6) is -1.89. The van der Waals surface area contributed by atoms with Gasteiger partial charge < -0.3 is 14.8 Å². The average molecular weight is 405 g/mol. The molecular weight excluding hydrogens is 388 g/mol. The quantitative estimate of drug-likeness (QED) is 0.581. The number of carbonyl (C=O) groups excluding carboxylic acids is 1. The van der Waals surface area contributed by atoms with Gasteiger partial charge in [0.15, 0.2) is 17.7 Å². The third-order valence-corrected chi connectivity index (χ3v) is 4.52. The molecule has 9 heteroatoms. The van der Waals surface area contributed by atoms with Crippen molar-refractivity contribution in [2.45, 2.75) is 13.0 Å². The lowest BCUT2D eigenvalue weighted by molar-refractivity contribution is -0.127. The Hall–Kier alpha value is -3.07. The second-order valence-electron chi connectivity index (χ2n) is 5.71. The number of hydrogen-bond donors (Lipinski definition) is 1.